The van der Waals surface area contributed by atoms with Crippen molar-refractivity contribution in [3.63, 3.8) is 0 Å². The Labute approximate surface area is 841 Å². The maximum atomic E-state index is 12.7. The third-order valence-electron chi connectivity index (χ3n) is 20.1. The van der Waals surface area contributed by atoms with Crippen LogP contribution in [0.4, 0.5) is 36.5 Å². The molecular weight excluding hydrogens is 1960 g/mol. The summed E-state index contributed by atoms with van der Waals surface area (Å²) in [5, 5.41) is 34.3. The highest BCUT2D eigenvalue weighted by molar-refractivity contribution is 7.89. The van der Waals surface area contributed by atoms with Gasteiger partial charge >= 0.3 is 0 Å². The van der Waals surface area contributed by atoms with Gasteiger partial charge in [0.25, 0.3) is 35.4 Å². The van der Waals surface area contributed by atoms with Crippen molar-refractivity contribution >= 4 is 173 Å². The Morgan fingerprint density at radius 1 is 0.369 bits per heavy atom. The molecule has 0 radical (unpaired) electrons. The predicted molar refractivity (Wildman–Crippen MR) is 556 cm³/mol. The molecule has 14 aromatic heterocycles. The summed E-state index contributed by atoms with van der Waals surface area (Å²) in [6.45, 7) is 11.9. The van der Waals surface area contributed by atoms with Gasteiger partial charge in [0.15, 0.2) is 53.8 Å². The topological polar surface area (TPSA) is 416 Å². The number of allylic oxidation sites excluding steroid dienone is 1. The monoisotopic (exact) mass is 2040 g/mol. The number of amides is 6. The highest BCUT2D eigenvalue weighted by atomic mass is 32.2. The molecule has 4 aromatic carbocycles. The number of hydrogen-bond donors (Lipinski definition) is 7. The second kappa shape index (κ2) is 48.1. The van der Waals surface area contributed by atoms with Crippen LogP contribution in [-0.4, -0.2) is 147 Å². The normalized spacial score (nSPS) is 12.7. The Morgan fingerprint density at radius 3 is 1.16 bits per heavy atom. The van der Waals surface area contributed by atoms with E-state index in [1.54, 1.807) is 79.8 Å². The van der Waals surface area contributed by atoms with Crippen LogP contribution in [0.25, 0.3) is 68.2 Å². The standard InChI is InChI=1S/C20H20N4O3S2.C18H16N4OS.2C17H13N3O3S.2C14H11N3OS2/c25-19(23-20-22-18(14-28-20)17-6-2-3-11-21-17)15-7-9-16(10-8-15)29(26,27)24-12-4-1-5-13-24;1-12(2)20-15-7-5-13(6-8-15)17(23)22-18-21-16(11-24-18)14-4-3-9-19-10-14;21-16(15-9-22-13-6-1-2-7-14(13)23-15)20-17-19-12(10-24-17)11-5-3-4-8-18-11;21-16(11-4-5-14-15(9-11)23-8-7-22-14)20-17-19-13(10-24-17)12-3-1-2-6-18-12;2*1-9-5-6-12(20-9)13(18)17-14-16-11(8-19-14)10-4-2-3-7-15-10/h2-3,6-11,14H,1,4-5,12-13H2,(H,22,23,25);3-11,20H,1H2,2H3,(H,21,22,23);1-8,10,15H,9H2,(H,19,20,21);1-6,9-10H,7-8H2,(H,19,20,21);2*2-8H,1H3,(H,16,17,18). The molecule has 1 fully saturated rings. The summed E-state index contributed by atoms with van der Waals surface area (Å²) in [5.74, 6) is 1.16. The van der Waals surface area contributed by atoms with Gasteiger partial charge in [-0.15, -0.1) is 90.7 Å². The number of aromatic nitrogens is 12. The number of rotatable bonds is 22. The molecule has 0 saturated carbocycles. The number of piperidine rings is 1. The van der Waals surface area contributed by atoms with E-state index in [9.17, 15) is 37.2 Å². The first-order chi connectivity index (χ1) is 68.7. The van der Waals surface area contributed by atoms with Crippen LogP contribution in [0.3, 0.4) is 0 Å². The lowest BCUT2D eigenvalue weighted by Crippen LogP contribution is -2.40. The SMILES string of the molecule is C=C(C)Nc1ccc(C(=O)Nc2nc(-c3cccnc3)cs2)cc1.Cc1ccc(C(=O)Nc2nc(-c3ccccn3)cs2)s1.Cc1ccc(C(=O)Nc2nc(-c3ccccn3)cs2)s1.O=C(Nc1nc(-c2ccccn2)cs1)C1COc2ccccc2O1.O=C(Nc1nc(-c2ccccn2)cs1)c1ccc(S(=O)(=O)N2CCCCC2)cc1.O=C(Nc1nc(-c2ccccn2)cs1)c1ccc2c(c1)OCCO2. The maximum Gasteiger partial charge on any atom is 0.270 e. The average molecular weight is 2050 g/mol. The van der Waals surface area contributed by atoms with Crippen LogP contribution in [-0.2, 0) is 14.8 Å². The first-order valence-electron chi connectivity index (χ1n) is 43.3. The Bertz CT molecular complexity index is 7290. The average Bonchev–Trinajstić information content (AvgIpc) is 1.78. The number of nitrogens with one attached hydrogen (secondary N) is 7. The minimum Gasteiger partial charge on any atom is -0.486 e. The van der Waals surface area contributed by atoms with E-state index in [1.165, 1.54) is 119 Å². The number of ether oxygens (including phenoxy) is 4. The van der Waals surface area contributed by atoms with E-state index in [-0.39, 0.29) is 46.9 Å². The van der Waals surface area contributed by atoms with Crippen LogP contribution in [0.1, 0.15) is 86.4 Å². The second-order valence-corrected chi connectivity index (χ2v) is 40.0. The van der Waals surface area contributed by atoms with Gasteiger partial charge in [0.1, 0.15) is 48.3 Å². The van der Waals surface area contributed by atoms with Crippen LogP contribution in [0.2, 0.25) is 0 Å². The molecule has 3 aliphatic rings. The molecule has 3 aliphatic heterocycles. The first kappa shape index (κ1) is 98.5. The Morgan fingerprint density at radius 2 is 0.752 bits per heavy atom. The van der Waals surface area contributed by atoms with Crippen molar-refractivity contribution in [2.45, 2.75) is 51.0 Å². The Balaban J connectivity index is 0.000000122. The van der Waals surface area contributed by atoms with Crippen molar-refractivity contribution in [2.24, 2.45) is 0 Å². The van der Waals surface area contributed by atoms with E-state index in [1.807, 2.05) is 211 Å². The van der Waals surface area contributed by atoms with E-state index in [4.69, 9.17) is 18.9 Å². The molecule has 141 heavy (non-hydrogen) atoms. The summed E-state index contributed by atoms with van der Waals surface area (Å²) in [4.78, 5) is 129. The number of fused-ring (bicyclic) bond motifs is 2. The smallest absolute Gasteiger partial charge is 0.270 e. The number of pyridine rings is 6. The number of carbonyl (C=O) groups is 6. The number of benzene rings is 4. The zero-order valence-electron chi connectivity index (χ0n) is 75.1. The van der Waals surface area contributed by atoms with Gasteiger partial charge in [-0.2, -0.15) is 4.31 Å². The minimum atomic E-state index is -3.51. The third-order valence-corrected chi connectivity index (χ3v) is 28.5. The molecule has 41 heteroatoms. The van der Waals surface area contributed by atoms with Crippen LogP contribution < -0.4 is 56.2 Å². The van der Waals surface area contributed by atoms with Crippen molar-refractivity contribution in [1.29, 1.82) is 0 Å². The lowest BCUT2D eigenvalue weighted by atomic mass is 10.2. The molecule has 1 unspecified atom stereocenters. The van der Waals surface area contributed by atoms with Crippen molar-refractivity contribution in [3.05, 3.63) is 343 Å². The van der Waals surface area contributed by atoms with Gasteiger partial charge in [-0.1, -0.05) is 55.5 Å². The van der Waals surface area contributed by atoms with E-state index in [0.717, 1.165) is 103 Å². The summed E-state index contributed by atoms with van der Waals surface area (Å²) < 4.78 is 49.1. The lowest BCUT2D eigenvalue weighted by molar-refractivity contribution is -0.125. The molecule has 17 heterocycles. The number of carbonyl (C=O) groups excluding carboxylic acids is 6. The minimum absolute atomic E-state index is 0.120. The number of nitrogens with zero attached hydrogens (tertiary/aromatic N) is 13. The molecular formula is C100H84N20O12S9. The molecule has 32 nitrogen and oxygen atoms in total. The number of aryl methyl sites for hydroxylation is 2. The summed E-state index contributed by atoms with van der Waals surface area (Å²) in [5.41, 5.74) is 12.5. The molecule has 710 valence electrons. The van der Waals surface area contributed by atoms with Crippen LogP contribution in [0, 0.1) is 13.8 Å². The Hall–Kier alpha value is -15.6. The molecule has 6 amide bonds. The van der Waals surface area contributed by atoms with Gasteiger partial charge in [0, 0.05) is 132 Å². The molecule has 1 atom stereocenters. The lowest BCUT2D eigenvalue weighted by Gasteiger charge is -2.25. The molecule has 21 rings (SSSR count). The number of hydrogen-bond acceptors (Lipinski definition) is 33. The van der Waals surface area contributed by atoms with Gasteiger partial charge in [-0.05, 0) is 210 Å². The van der Waals surface area contributed by atoms with Gasteiger partial charge in [-0.3, -0.25) is 90.6 Å². The molecule has 1 saturated heterocycles. The predicted octanol–water partition coefficient (Wildman–Crippen LogP) is 21.9. The van der Waals surface area contributed by atoms with Gasteiger partial charge in [0.2, 0.25) is 16.1 Å². The van der Waals surface area contributed by atoms with Crippen molar-refractivity contribution in [1.82, 2.24) is 64.1 Å². The van der Waals surface area contributed by atoms with E-state index < -0.39 is 16.1 Å². The zero-order valence-corrected chi connectivity index (χ0v) is 82.5. The molecule has 0 bridgehead atoms. The van der Waals surface area contributed by atoms with Gasteiger partial charge < -0.3 is 24.3 Å². The van der Waals surface area contributed by atoms with Crippen LogP contribution >= 0.6 is 90.7 Å². The molecule has 7 N–H and O–H groups in total. The van der Waals surface area contributed by atoms with Crippen molar-refractivity contribution in [2.75, 3.05) is 70.1 Å². The van der Waals surface area contributed by atoms with E-state index in [2.05, 4.69) is 104 Å². The third kappa shape index (κ3) is 27.5. The Kier molecular flexibility index (Phi) is 33.6. The quantitative estimate of drug-likeness (QED) is 0.0331. The maximum absolute atomic E-state index is 12.7. The molecule has 18 aromatic rings. The number of sulfonamides is 1. The van der Waals surface area contributed by atoms with Crippen molar-refractivity contribution < 1.29 is 56.1 Å². The second-order valence-electron chi connectivity index (χ2n) is 30.3. The fourth-order valence-corrected chi connectivity index (χ4v) is 20.5. The number of thiophene rings is 2. The van der Waals surface area contributed by atoms with Crippen LogP contribution in [0.15, 0.2) is 311 Å². The van der Waals surface area contributed by atoms with Crippen LogP contribution in [0.5, 0.6) is 23.0 Å². The zero-order chi connectivity index (χ0) is 97.8. The van der Waals surface area contributed by atoms with Crippen molar-refractivity contribution in [3.8, 4) is 91.2 Å². The molecule has 0 spiro atoms. The summed E-state index contributed by atoms with van der Waals surface area (Å²) in [6, 6.07) is 65.0. The first-order valence-corrected chi connectivity index (χ1v) is 51.7. The van der Waals surface area contributed by atoms with E-state index in [0.29, 0.717) is 112 Å². The summed E-state index contributed by atoms with van der Waals surface area (Å²) >= 11 is 11.1. The van der Waals surface area contributed by atoms with Gasteiger partial charge in [-0.25, -0.2) is 38.3 Å². The highest BCUT2D eigenvalue weighted by Gasteiger charge is 2.30. The summed E-state index contributed by atoms with van der Waals surface area (Å²) in [7, 11) is -3.51. The van der Waals surface area contributed by atoms with Gasteiger partial charge in [0.05, 0.1) is 48.8 Å². The number of thiazole rings is 6. The fraction of sp³-hybridized carbons (Fsp3) is 0.120. The fourth-order valence-electron chi connectivity index (χ4n) is 13.2. The number of para-hydroxylation sites is 2. The molecule has 0 aliphatic carbocycles. The van der Waals surface area contributed by atoms with E-state index >= 15 is 0 Å². The summed E-state index contributed by atoms with van der Waals surface area (Å²) in [6.07, 6.45) is 14.1. The highest BCUT2D eigenvalue weighted by Crippen LogP contribution is 2.36. The largest absolute Gasteiger partial charge is 0.486 e. The number of anilines is 7.